The van der Waals surface area contributed by atoms with E-state index in [-0.39, 0.29) is 6.09 Å². The molecule has 0 aliphatic heterocycles. The van der Waals surface area contributed by atoms with E-state index in [4.69, 9.17) is 9.94 Å². The Balaban J connectivity index is 0.000000206. The van der Waals surface area contributed by atoms with Crippen molar-refractivity contribution in [3.8, 4) is 0 Å². The molecule has 0 unspecified atom stereocenters. The van der Waals surface area contributed by atoms with E-state index >= 15 is 0 Å². The highest BCUT2D eigenvalue weighted by molar-refractivity contribution is 7.09. The van der Waals surface area contributed by atoms with Crippen LogP contribution in [-0.4, -0.2) is 28.8 Å². The van der Waals surface area contributed by atoms with Gasteiger partial charge in [-0.2, -0.15) is 0 Å². The molecule has 0 bridgehead atoms. The van der Waals surface area contributed by atoms with Crippen molar-refractivity contribution in [1.82, 2.24) is 15.8 Å². The fourth-order valence-electron chi connectivity index (χ4n) is 3.50. The maximum atomic E-state index is 11.0. The van der Waals surface area contributed by atoms with Gasteiger partial charge in [-0.25, -0.2) is 10.3 Å². The van der Waals surface area contributed by atoms with Crippen LogP contribution in [0.3, 0.4) is 0 Å². The number of hydroxylamine groups is 1. The van der Waals surface area contributed by atoms with Gasteiger partial charge in [0.15, 0.2) is 0 Å². The molecule has 0 saturated carbocycles. The van der Waals surface area contributed by atoms with E-state index in [2.05, 4.69) is 54.6 Å². The van der Waals surface area contributed by atoms with Gasteiger partial charge >= 0.3 is 6.09 Å². The number of aromatic nitrogens is 1. The highest BCUT2D eigenvalue weighted by atomic mass is 32.1. The van der Waals surface area contributed by atoms with E-state index in [9.17, 15) is 9.59 Å². The molecular weight excluding hydrogens is 510 g/mol. The van der Waals surface area contributed by atoms with E-state index in [1.165, 1.54) is 46.4 Å². The van der Waals surface area contributed by atoms with Crippen molar-refractivity contribution in [3.05, 3.63) is 99.9 Å². The molecule has 0 aliphatic carbocycles. The van der Waals surface area contributed by atoms with Crippen molar-refractivity contribution in [3.63, 3.8) is 0 Å². The standard InChI is InChI=1S/C11H13NO2.C11H13N.C9H13NO2S/c1-2-9-3-5-10(6-4-9)7-8-11(13)12-14;1-2-5-9-8-12-11-7-4-3-6-10(9)11;1-2-5-12-9(11)10-7-8-4-3-6-13-8/h3-8,14H,2H2,1H3,(H,12,13);3-4,6-8,12H,2,5H2,1H3;3-4,6H,2,5,7H2,1H3,(H,10,11)/b8-7+;;. The largest absolute Gasteiger partial charge is 0.450 e. The van der Waals surface area contributed by atoms with Gasteiger partial charge in [0.1, 0.15) is 0 Å². The molecule has 0 fully saturated rings. The lowest BCUT2D eigenvalue weighted by Crippen LogP contribution is -2.23. The van der Waals surface area contributed by atoms with Gasteiger partial charge in [0.05, 0.1) is 13.2 Å². The Morgan fingerprint density at radius 2 is 1.77 bits per heavy atom. The van der Waals surface area contributed by atoms with E-state index in [0.29, 0.717) is 13.2 Å². The van der Waals surface area contributed by atoms with E-state index in [0.717, 1.165) is 23.3 Å². The summed E-state index contributed by atoms with van der Waals surface area (Å²) in [5, 5.41) is 14.3. The Morgan fingerprint density at radius 1 is 1.00 bits per heavy atom. The van der Waals surface area contributed by atoms with Gasteiger partial charge in [-0.05, 0) is 59.5 Å². The van der Waals surface area contributed by atoms with Crippen LogP contribution in [0.1, 0.15) is 55.2 Å². The lowest BCUT2D eigenvalue weighted by atomic mass is 10.1. The number of hydrogen-bond donors (Lipinski definition) is 4. The van der Waals surface area contributed by atoms with Gasteiger partial charge in [-0.1, -0.05) is 75.7 Å². The summed E-state index contributed by atoms with van der Waals surface area (Å²) in [6, 6.07) is 20.3. The van der Waals surface area contributed by atoms with Crippen LogP contribution in [0.25, 0.3) is 17.0 Å². The quantitative estimate of drug-likeness (QED) is 0.100. The van der Waals surface area contributed by atoms with E-state index in [1.54, 1.807) is 17.4 Å². The summed E-state index contributed by atoms with van der Waals surface area (Å²) in [4.78, 5) is 26.0. The number of aromatic amines is 1. The molecule has 4 rings (SSSR count). The third-order valence-electron chi connectivity index (χ3n) is 5.54. The second-order valence-corrected chi connectivity index (χ2v) is 9.62. The molecule has 2 amide bonds. The summed E-state index contributed by atoms with van der Waals surface area (Å²) in [5.74, 6) is -0.524. The predicted molar refractivity (Wildman–Crippen MR) is 160 cm³/mol. The number of hydrogen-bond acceptors (Lipinski definition) is 5. The lowest BCUT2D eigenvalue weighted by molar-refractivity contribution is -0.124. The summed E-state index contributed by atoms with van der Waals surface area (Å²) < 4.78 is 4.84. The molecule has 2 aromatic carbocycles. The average Bonchev–Trinajstić information content (AvgIpc) is 3.65. The summed E-state index contributed by atoms with van der Waals surface area (Å²) in [5.41, 5.74) is 6.41. The smallest absolute Gasteiger partial charge is 0.407 e. The SMILES string of the molecule is CCCOC(=O)NCc1cccs1.CCCc1c[nH]c2ccccc12.CCc1ccc(/C=C/C(=O)NO)cc1. The summed E-state index contributed by atoms with van der Waals surface area (Å²) in [6.07, 6.45) is 8.94. The van der Waals surface area contributed by atoms with Crippen molar-refractivity contribution in [1.29, 1.82) is 0 Å². The predicted octanol–water partition coefficient (Wildman–Crippen LogP) is 7.27. The van der Waals surface area contributed by atoms with Gasteiger partial charge in [-0.3, -0.25) is 10.0 Å². The van der Waals surface area contributed by atoms with E-state index in [1.807, 2.05) is 48.7 Å². The zero-order valence-electron chi connectivity index (χ0n) is 22.9. The maximum Gasteiger partial charge on any atom is 0.407 e. The first-order chi connectivity index (χ1) is 19.0. The molecule has 8 heteroatoms. The number of benzene rings is 2. The van der Waals surface area contributed by atoms with Gasteiger partial charge in [0.25, 0.3) is 5.91 Å². The van der Waals surface area contributed by atoms with E-state index < -0.39 is 5.91 Å². The summed E-state index contributed by atoms with van der Waals surface area (Å²) in [6.45, 7) is 7.30. The molecule has 39 heavy (non-hydrogen) atoms. The molecular formula is C31H39N3O4S. The lowest BCUT2D eigenvalue weighted by Gasteiger charge is -2.03. The Kier molecular flexibility index (Phi) is 14.8. The maximum absolute atomic E-state index is 11.0. The summed E-state index contributed by atoms with van der Waals surface area (Å²) >= 11 is 1.62. The molecule has 2 heterocycles. The van der Waals surface area contributed by atoms with Gasteiger partial charge in [0, 0.05) is 28.1 Å². The Morgan fingerprint density at radius 3 is 2.41 bits per heavy atom. The molecule has 2 aromatic heterocycles. The minimum Gasteiger partial charge on any atom is -0.450 e. The normalized spacial score (nSPS) is 10.3. The molecule has 4 N–H and O–H groups in total. The van der Waals surface area contributed by atoms with Crippen LogP contribution >= 0.6 is 11.3 Å². The zero-order valence-corrected chi connectivity index (χ0v) is 23.7. The number of carbonyl (C=O) groups is 2. The number of fused-ring (bicyclic) bond motifs is 1. The number of alkyl carbamates (subject to hydrolysis) is 1. The number of carbonyl (C=O) groups excluding carboxylic acids is 2. The zero-order chi connectivity index (χ0) is 28.3. The second kappa shape index (κ2) is 18.4. The molecule has 0 atom stereocenters. The summed E-state index contributed by atoms with van der Waals surface area (Å²) in [7, 11) is 0. The van der Waals surface area contributed by atoms with Crippen molar-refractivity contribution in [2.45, 2.75) is 53.0 Å². The number of ether oxygens (including phenoxy) is 1. The number of H-pyrrole nitrogens is 1. The first-order valence-corrected chi connectivity index (χ1v) is 14.1. The van der Waals surface area contributed by atoms with Crippen LogP contribution in [0.4, 0.5) is 4.79 Å². The van der Waals surface area contributed by atoms with Gasteiger partial charge < -0.3 is 15.0 Å². The Hall–Kier alpha value is -3.88. The Bertz CT molecular complexity index is 1260. The van der Waals surface area contributed by atoms with Gasteiger partial charge in [-0.15, -0.1) is 11.3 Å². The van der Waals surface area contributed by atoms with Crippen LogP contribution in [0.2, 0.25) is 0 Å². The fourth-order valence-corrected chi connectivity index (χ4v) is 4.14. The number of amides is 2. The van der Waals surface area contributed by atoms with Crippen LogP contribution in [0.15, 0.2) is 78.3 Å². The molecule has 4 aromatic rings. The van der Waals surface area contributed by atoms with Crippen LogP contribution in [-0.2, 0) is 28.9 Å². The topological polar surface area (TPSA) is 103 Å². The van der Waals surface area contributed by atoms with Crippen LogP contribution in [0, 0.1) is 0 Å². The third-order valence-corrected chi connectivity index (χ3v) is 6.42. The minimum atomic E-state index is -0.524. The highest BCUT2D eigenvalue weighted by Crippen LogP contribution is 2.18. The molecule has 0 radical (unpaired) electrons. The van der Waals surface area contributed by atoms with Crippen molar-refractivity contribution in [2.75, 3.05) is 6.61 Å². The first-order valence-electron chi connectivity index (χ1n) is 13.2. The van der Waals surface area contributed by atoms with Crippen LogP contribution in [0.5, 0.6) is 0 Å². The molecule has 0 saturated heterocycles. The van der Waals surface area contributed by atoms with Crippen molar-refractivity contribution < 1.29 is 19.5 Å². The van der Waals surface area contributed by atoms with Crippen molar-refractivity contribution >= 4 is 40.3 Å². The molecule has 208 valence electrons. The monoisotopic (exact) mass is 549 g/mol. The minimum absolute atomic E-state index is 0.338. The van der Waals surface area contributed by atoms with Crippen LogP contribution < -0.4 is 10.8 Å². The van der Waals surface area contributed by atoms with Crippen molar-refractivity contribution in [2.24, 2.45) is 0 Å². The molecule has 0 aliphatic rings. The number of para-hydroxylation sites is 1. The highest BCUT2D eigenvalue weighted by Gasteiger charge is 2.01. The molecule has 7 nitrogen and oxygen atoms in total. The van der Waals surface area contributed by atoms with Gasteiger partial charge in [0.2, 0.25) is 0 Å². The number of thiophene rings is 1. The number of nitrogens with one attached hydrogen (secondary N) is 3. The second-order valence-electron chi connectivity index (χ2n) is 8.58. The third kappa shape index (κ3) is 12.0. The number of rotatable bonds is 9. The number of aryl methyl sites for hydroxylation is 2. The molecule has 0 spiro atoms. The average molecular weight is 550 g/mol. The Labute approximate surface area is 234 Å². The first kappa shape index (κ1) is 31.3. The fraction of sp³-hybridized carbons (Fsp3) is 0.290.